The summed E-state index contributed by atoms with van der Waals surface area (Å²) in [5, 5.41) is 0. The summed E-state index contributed by atoms with van der Waals surface area (Å²) in [5.74, 6) is 0.449. The van der Waals surface area contributed by atoms with E-state index in [-0.39, 0.29) is 18.1 Å². The molecular weight excluding hydrogens is 252 g/mol. The minimum absolute atomic E-state index is 0.0495. The Kier molecular flexibility index (Phi) is 3.12. The number of benzene rings is 1. The Morgan fingerprint density at radius 1 is 1.25 bits per heavy atom. The minimum atomic E-state index is -0.0495. The SMILES string of the molecule is O=C(CC1OCCc2ccccc21)C1CC2CCC1O2. The van der Waals surface area contributed by atoms with Crippen LogP contribution in [-0.2, 0) is 20.7 Å². The first-order chi connectivity index (χ1) is 9.81. The highest BCUT2D eigenvalue weighted by atomic mass is 16.5. The second kappa shape index (κ2) is 4.97. The molecule has 4 unspecified atom stereocenters. The molecule has 3 aliphatic rings. The maximum absolute atomic E-state index is 12.6. The van der Waals surface area contributed by atoms with E-state index in [1.165, 1.54) is 11.1 Å². The van der Waals surface area contributed by atoms with Gasteiger partial charge in [0.1, 0.15) is 5.78 Å². The maximum atomic E-state index is 12.6. The van der Waals surface area contributed by atoms with E-state index in [4.69, 9.17) is 9.47 Å². The number of ketones is 1. The molecule has 1 aromatic carbocycles. The number of hydrogen-bond donors (Lipinski definition) is 0. The van der Waals surface area contributed by atoms with Gasteiger partial charge in [-0.3, -0.25) is 4.79 Å². The van der Waals surface area contributed by atoms with E-state index in [0.717, 1.165) is 32.3 Å². The van der Waals surface area contributed by atoms with Gasteiger partial charge in [-0.25, -0.2) is 0 Å². The number of carbonyl (C=O) groups excluding carboxylic acids is 1. The number of Topliss-reactive ketones (excluding diaryl/α,β-unsaturated/α-hetero) is 1. The molecular formula is C17H20O3. The molecule has 2 fully saturated rings. The first-order valence-corrected chi connectivity index (χ1v) is 7.69. The Morgan fingerprint density at radius 2 is 2.15 bits per heavy atom. The Morgan fingerprint density at radius 3 is 2.95 bits per heavy atom. The van der Waals surface area contributed by atoms with Gasteiger partial charge in [-0.05, 0) is 36.8 Å². The molecule has 0 aliphatic carbocycles. The lowest BCUT2D eigenvalue weighted by Crippen LogP contribution is -2.28. The van der Waals surface area contributed by atoms with Crippen molar-refractivity contribution in [2.45, 2.75) is 50.4 Å². The molecule has 4 atom stereocenters. The number of fused-ring (bicyclic) bond motifs is 3. The molecule has 0 radical (unpaired) electrons. The minimum Gasteiger partial charge on any atom is -0.374 e. The van der Waals surface area contributed by atoms with Crippen LogP contribution in [0.5, 0.6) is 0 Å². The summed E-state index contributed by atoms with van der Waals surface area (Å²) in [7, 11) is 0. The van der Waals surface area contributed by atoms with Crippen molar-refractivity contribution in [1.82, 2.24) is 0 Å². The second-order valence-electron chi connectivity index (χ2n) is 6.19. The van der Waals surface area contributed by atoms with Crippen LogP contribution < -0.4 is 0 Å². The van der Waals surface area contributed by atoms with Gasteiger partial charge in [0.05, 0.1) is 24.9 Å². The van der Waals surface area contributed by atoms with Crippen molar-refractivity contribution in [2.24, 2.45) is 5.92 Å². The summed E-state index contributed by atoms with van der Waals surface area (Å²) in [6, 6.07) is 8.35. The van der Waals surface area contributed by atoms with Crippen molar-refractivity contribution in [2.75, 3.05) is 6.61 Å². The first kappa shape index (κ1) is 12.5. The Labute approximate surface area is 119 Å². The summed E-state index contributed by atoms with van der Waals surface area (Å²) in [4.78, 5) is 12.6. The van der Waals surface area contributed by atoms with Gasteiger partial charge in [0.25, 0.3) is 0 Å². The third-order valence-electron chi connectivity index (χ3n) is 5.00. The van der Waals surface area contributed by atoms with E-state index < -0.39 is 0 Å². The standard InChI is InChI=1S/C17H20O3/c18-15(14-9-12-5-6-16(14)20-12)10-17-13-4-2-1-3-11(13)7-8-19-17/h1-4,12,14,16-17H,5-10H2. The molecule has 2 bridgehead atoms. The summed E-state index contributed by atoms with van der Waals surface area (Å²) < 4.78 is 11.7. The predicted octanol–water partition coefficient (Wildman–Crippen LogP) is 2.83. The van der Waals surface area contributed by atoms with Crippen LogP contribution in [0.25, 0.3) is 0 Å². The molecule has 3 nitrogen and oxygen atoms in total. The van der Waals surface area contributed by atoms with Gasteiger partial charge >= 0.3 is 0 Å². The first-order valence-electron chi connectivity index (χ1n) is 7.69. The Bertz CT molecular complexity index is 525. The highest BCUT2D eigenvalue weighted by Crippen LogP contribution is 2.41. The molecule has 1 aromatic rings. The van der Waals surface area contributed by atoms with Crippen molar-refractivity contribution in [3.05, 3.63) is 35.4 Å². The zero-order chi connectivity index (χ0) is 13.5. The summed E-state index contributed by atoms with van der Waals surface area (Å²) in [6.07, 6.45) is 5.07. The third kappa shape index (κ3) is 2.09. The van der Waals surface area contributed by atoms with Gasteiger partial charge in [0, 0.05) is 12.3 Å². The smallest absolute Gasteiger partial charge is 0.141 e. The zero-order valence-corrected chi connectivity index (χ0v) is 11.6. The van der Waals surface area contributed by atoms with Crippen LogP contribution in [-0.4, -0.2) is 24.6 Å². The normalized spacial score (nSPS) is 35.0. The number of carbonyl (C=O) groups is 1. The molecule has 3 aliphatic heterocycles. The molecule has 4 rings (SSSR count). The fourth-order valence-corrected chi connectivity index (χ4v) is 3.96. The molecule has 3 heterocycles. The molecule has 106 valence electrons. The summed E-state index contributed by atoms with van der Waals surface area (Å²) >= 11 is 0. The fraction of sp³-hybridized carbons (Fsp3) is 0.588. The fourth-order valence-electron chi connectivity index (χ4n) is 3.96. The van der Waals surface area contributed by atoms with Gasteiger partial charge in [-0.2, -0.15) is 0 Å². The third-order valence-corrected chi connectivity index (χ3v) is 5.00. The molecule has 3 heteroatoms. The maximum Gasteiger partial charge on any atom is 0.141 e. The lowest BCUT2D eigenvalue weighted by atomic mass is 9.83. The van der Waals surface area contributed by atoms with Crippen LogP contribution in [0.15, 0.2) is 24.3 Å². The van der Waals surface area contributed by atoms with Gasteiger partial charge in [0.15, 0.2) is 0 Å². The number of hydrogen-bond acceptors (Lipinski definition) is 3. The molecule has 0 N–H and O–H groups in total. The van der Waals surface area contributed by atoms with Crippen molar-refractivity contribution in [3.63, 3.8) is 0 Å². The number of ether oxygens (including phenoxy) is 2. The van der Waals surface area contributed by atoms with E-state index in [1.807, 2.05) is 6.07 Å². The lowest BCUT2D eigenvalue weighted by Gasteiger charge is -2.27. The van der Waals surface area contributed by atoms with E-state index in [9.17, 15) is 4.79 Å². The lowest BCUT2D eigenvalue weighted by molar-refractivity contribution is -0.127. The molecule has 0 aromatic heterocycles. The van der Waals surface area contributed by atoms with Crippen LogP contribution >= 0.6 is 0 Å². The average molecular weight is 272 g/mol. The van der Waals surface area contributed by atoms with Gasteiger partial charge < -0.3 is 9.47 Å². The van der Waals surface area contributed by atoms with Gasteiger partial charge in [-0.15, -0.1) is 0 Å². The highest BCUT2D eigenvalue weighted by molar-refractivity contribution is 5.82. The zero-order valence-electron chi connectivity index (χ0n) is 11.6. The van der Waals surface area contributed by atoms with Crippen LogP contribution in [0.2, 0.25) is 0 Å². The van der Waals surface area contributed by atoms with E-state index >= 15 is 0 Å². The van der Waals surface area contributed by atoms with Crippen molar-refractivity contribution >= 4 is 5.78 Å². The Hall–Kier alpha value is -1.19. The Balaban J connectivity index is 1.48. The predicted molar refractivity (Wildman–Crippen MR) is 74.5 cm³/mol. The van der Waals surface area contributed by atoms with Crippen LogP contribution in [0.1, 0.15) is 42.9 Å². The van der Waals surface area contributed by atoms with Crippen LogP contribution in [0, 0.1) is 5.92 Å². The molecule has 20 heavy (non-hydrogen) atoms. The topological polar surface area (TPSA) is 35.5 Å². The average Bonchev–Trinajstić information content (AvgIpc) is 3.10. The van der Waals surface area contributed by atoms with E-state index in [1.54, 1.807) is 0 Å². The number of rotatable bonds is 3. The summed E-state index contributed by atoms with van der Waals surface area (Å²) in [6.45, 7) is 0.724. The van der Waals surface area contributed by atoms with Crippen molar-refractivity contribution in [1.29, 1.82) is 0 Å². The largest absolute Gasteiger partial charge is 0.374 e. The van der Waals surface area contributed by atoms with Crippen molar-refractivity contribution in [3.8, 4) is 0 Å². The van der Waals surface area contributed by atoms with E-state index in [2.05, 4.69) is 18.2 Å². The monoisotopic (exact) mass is 272 g/mol. The molecule has 0 saturated carbocycles. The molecule has 2 saturated heterocycles. The van der Waals surface area contributed by atoms with Crippen LogP contribution in [0.4, 0.5) is 0 Å². The highest BCUT2D eigenvalue weighted by Gasteiger charge is 2.44. The quantitative estimate of drug-likeness (QED) is 0.848. The van der Waals surface area contributed by atoms with Gasteiger partial charge in [-0.1, -0.05) is 24.3 Å². The molecule has 0 amide bonds. The van der Waals surface area contributed by atoms with Crippen molar-refractivity contribution < 1.29 is 14.3 Å². The van der Waals surface area contributed by atoms with Gasteiger partial charge in [0.2, 0.25) is 0 Å². The van der Waals surface area contributed by atoms with Crippen LogP contribution in [0.3, 0.4) is 0 Å². The summed E-state index contributed by atoms with van der Waals surface area (Å²) in [5.41, 5.74) is 2.54. The second-order valence-corrected chi connectivity index (χ2v) is 6.19. The molecule has 0 spiro atoms. The van der Waals surface area contributed by atoms with E-state index in [0.29, 0.717) is 18.3 Å².